The first-order valence-corrected chi connectivity index (χ1v) is 11.9. The first-order chi connectivity index (χ1) is 17.2. The maximum atomic E-state index is 12.8. The summed E-state index contributed by atoms with van der Waals surface area (Å²) in [7, 11) is 0. The number of imidazole rings is 1. The molecule has 188 valence electrons. The number of alkyl halides is 3. The molecule has 1 amide bonds. The van der Waals surface area contributed by atoms with Crippen LogP contribution < -0.4 is 11.1 Å². The van der Waals surface area contributed by atoms with Gasteiger partial charge in [0.15, 0.2) is 0 Å². The van der Waals surface area contributed by atoms with Crippen molar-refractivity contribution in [3.8, 4) is 11.1 Å². The van der Waals surface area contributed by atoms with Crippen LogP contribution in [-0.4, -0.2) is 31.6 Å². The van der Waals surface area contributed by atoms with Gasteiger partial charge >= 0.3 is 6.18 Å². The third kappa shape index (κ3) is 6.51. The fourth-order valence-electron chi connectivity index (χ4n) is 4.11. The van der Waals surface area contributed by atoms with Gasteiger partial charge in [-0.25, -0.2) is 4.98 Å². The standard InChI is InChI=1S/C26H26F3N5OS/c27-26(28,29)9-2-10-34-15-22(18-3-1-4-19(12-18)25(30)36)21-7-5-17(11-23(21)34)13-32-24(35)8-6-20-14-31-16-33-20/h1,3-5,7,11-12,14-16H,2,6,8-10,13H2,(H2,30,36)(H,31,33)(H,32,35). The van der Waals surface area contributed by atoms with Gasteiger partial charge < -0.3 is 20.6 Å². The summed E-state index contributed by atoms with van der Waals surface area (Å²) in [6.45, 7) is 0.530. The molecule has 2 heterocycles. The molecule has 0 unspecified atom stereocenters. The van der Waals surface area contributed by atoms with Crippen LogP contribution in [0.4, 0.5) is 13.2 Å². The lowest BCUT2D eigenvalue weighted by molar-refractivity contribution is -0.135. The molecule has 10 heteroatoms. The molecular formula is C26H26F3N5OS. The minimum absolute atomic E-state index is 0.0335. The monoisotopic (exact) mass is 513 g/mol. The number of fused-ring (bicyclic) bond motifs is 1. The minimum Gasteiger partial charge on any atom is -0.389 e. The summed E-state index contributed by atoms with van der Waals surface area (Å²) in [4.78, 5) is 19.5. The Bertz CT molecular complexity index is 1360. The molecule has 4 aromatic rings. The van der Waals surface area contributed by atoms with Crippen LogP contribution in [0, 0.1) is 0 Å². The zero-order valence-electron chi connectivity index (χ0n) is 19.4. The Labute approximate surface area is 211 Å². The molecule has 0 saturated carbocycles. The number of rotatable bonds is 10. The van der Waals surface area contributed by atoms with E-state index in [0.29, 0.717) is 19.4 Å². The molecule has 0 spiro atoms. The normalized spacial score (nSPS) is 11.6. The Morgan fingerprint density at radius 2 is 2.03 bits per heavy atom. The molecule has 4 N–H and O–H groups in total. The van der Waals surface area contributed by atoms with E-state index >= 15 is 0 Å². The van der Waals surface area contributed by atoms with Crippen LogP contribution in [0.5, 0.6) is 0 Å². The molecule has 0 bridgehead atoms. The molecule has 0 fully saturated rings. The Balaban J connectivity index is 1.57. The van der Waals surface area contributed by atoms with E-state index in [0.717, 1.165) is 38.9 Å². The van der Waals surface area contributed by atoms with Crippen molar-refractivity contribution >= 4 is 34.0 Å². The average Bonchev–Trinajstić information content (AvgIpc) is 3.49. The Morgan fingerprint density at radius 1 is 1.19 bits per heavy atom. The first kappa shape index (κ1) is 25.4. The van der Waals surface area contributed by atoms with Gasteiger partial charge in [0.2, 0.25) is 5.91 Å². The van der Waals surface area contributed by atoms with E-state index in [4.69, 9.17) is 18.0 Å². The molecule has 0 radical (unpaired) electrons. The third-order valence-electron chi connectivity index (χ3n) is 5.93. The second-order valence-electron chi connectivity index (χ2n) is 8.61. The van der Waals surface area contributed by atoms with E-state index in [2.05, 4.69) is 15.3 Å². The molecule has 0 aliphatic heterocycles. The maximum absolute atomic E-state index is 12.8. The van der Waals surface area contributed by atoms with Crippen molar-refractivity contribution in [2.75, 3.05) is 0 Å². The van der Waals surface area contributed by atoms with Crippen LogP contribution in [0.25, 0.3) is 22.0 Å². The number of hydrogen-bond donors (Lipinski definition) is 3. The molecule has 0 atom stereocenters. The molecule has 36 heavy (non-hydrogen) atoms. The molecule has 0 saturated heterocycles. The molecule has 0 aliphatic carbocycles. The number of halogens is 3. The van der Waals surface area contributed by atoms with Crippen molar-refractivity contribution < 1.29 is 18.0 Å². The van der Waals surface area contributed by atoms with E-state index in [1.54, 1.807) is 12.5 Å². The van der Waals surface area contributed by atoms with E-state index < -0.39 is 12.6 Å². The quantitative estimate of drug-likeness (QED) is 0.253. The van der Waals surface area contributed by atoms with Gasteiger partial charge in [0.1, 0.15) is 4.99 Å². The summed E-state index contributed by atoms with van der Waals surface area (Å²) < 4.78 is 40.2. The lowest BCUT2D eigenvalue weighted by atomic mass is 10.0. The highest BCUT2D eigenvalue weighted by molar-refractivity contribution is 7.80. The predicted molar refractivity (Wildman–Crippen MR) is 137 cm³/mol. The predicted octanol–water partition coefficient (Wildman–Crippen LogP) is 5.26. The van der Waals surface area contributed by atoms with E-state index in [9.17, 15) is 18.0 Å². The molecule has 6 nitrogen and oxygen atoms in total. The van der Waals surface area contributed by atoms with Crippen LogP contribution >= 0.6 is 12.2 Å². The van der Waals surface area contributed by atoms with Crippen LogP contribution in [0.15, 0.2) is 61.2 Å². The van der Waals surface area contributed by atoms with Gasteiger partial charge in [0.05, 0.1) is 6.33 Å². The highest BCUT2D eigenvalue weighted by Gasteiger charge is 2.26. The summed E-state index contributed by atoms with van der Waals surface area (Å²) in [6.07, 6.45) is 0.904. The van der Waals surface area contributed by atoms with Crippen molar-refractivity contribution in [1.82, 2.24) is 19.9 Å². The van der Waals surface area contributed by atoms with Gasteiger partial charge in [0.25, 0.3) is 0 Å². The molecule has 2 aromatic carbocycles. The topological polar surface area (TPSA) is 88.7 Å². The lowest BCUT2D eigenvalue weighted by Gasteiger charge is -2.09. The zero-order valence-corrected chi connectivity index (χ0v) is 20.3. The van der Waals surface area contributed by atoms with E-state index in [1.807, 2.05) is 53.2 Å². The highest BCUT2D eigenvalue weighted by Crippen LogP contribution is 2.33. The van der Waals surface area contributed by atoms with Crippen molar-refractivity contribution in [1.29, 1.82) is 0 Å². The number of benzene rings is 2. The van der Waals surface area contributed by atoms with Gasteiger partial charge in [-0.2, -0.15) is 13.2 Å². The number of carbonyl (C=O) groups excluding carboxylic acids is 1. The maximum Gasteiger partial charge on any atom is 0.389 e. The number of amides is 1. The summed E-state index contributed by atoms with van der Waals surface area (Å²) in [5.74, 6) is -0.0967. The van der Waals surface area contributed by atoms with Gasteiger partial charge in [-0.1, -0.05) is 42.5 Å². The summed E-state index contributed by atoms with van der Waals surface area (Å²) >= 11 is 5.10. The fourth-order valence-corrected chi connectivity index (χ4v) is 4.24. The summed E-state index contributed by atoms with van der Waals surface area (Å²) in [5.41, 5.74) is 10.8. The Morgan fingerprint density at radius 3 is 2.75 bits per heavy atom. The van der Waals surface area contributed by atoms with Crippen LogP contribution in [0.2, 0.25) is 0 Å². The molecular weight excluding hydrogens is 487 g/mol. The van der Waals surface area contributed by atoms with E-state index in [1.165, 1.54) is 0 Å². The van der Waals surface area contributed by atoms with Gasteiger partial charge in [-0.15, -0.1) is 0 Å². The van der Waals surface area contributed by atoms with Crippen LogP contribution in [0.1, 0.15) is 36.1 Å². The van der Waals surface area contributed by atoms with E-state index in [-0.39, 0.29) is 23.9 Å². The van der Waals surface area contributed by atoms with Crippen LogP contribution in [0.3, 0.4) is 0 Å². The van der Waals surface area contributed by atoms with Crippen LogP contribution in [-0.2, 0) is 24.3 Å². The molecule has 2 aromatic heterocycles. The number of nitrogens with one attached hydrogen (secondary N) is 2. The van der Waals surface area contributed by atoms with Crippen molar-refractivity contribution in [3.63, 3.8) is 0 Å². The number of nitrogens with zero attached hydrogens (tertiary/aromatic N) is 2. The van der Waals surface area contributed by atoms with Gasteiger partial charge in [0, 0.05) is 66.0 Å². The highest BCUT2D eigenvalue weighted by atomic mass is 32.1. The third-order valence-corrected chi connectivity index (χ3v) is 6.17. The number of hydrogen-bond acceptors (Lipinski definition) is 3. The Hall–Kier alpha value is -3.66. The second kappa shape index (κ2) is 10.9. The smallest absolute Gasteiger partial charge is 0.389 e. The van der Waals surface area contributed by atoms with Crippen molar-refractivity contribution in [2.45, 2.75) is 44.9 Å². The van der Waals surface area contributed by atoms with Crippen molar-refractivity contribution in [3.05, 3.63) is 78.0 Å². The van der Waals surface area contributed by atoms with Crippen molar-refractivity contribution in [2.24, 2.45) is 5.73 Å². The number of aromatic amines is 1. The average molecular weight is 514 g/mol. The largest absolute Gasteiger partial charge is 0.389 e. The summed E-state index contributed by atoms with van der Waals surface area (Å²) in [6, 6.07) is 13.2. The SMILES string of the molecule is NC(=S)c1cccc(-c2cn(CCCC(F)(F)F)c3cc(CNC(=O)CCc4cnc[nH]4)ccc23)c1. The number of carbonyl (C=O) groups is 1. The fraction of sp³-hybridized carbons (Fsp3) is 0.269. The second-order valence-corrected chi connectivity index (χ2v) is 9.04. The number of nitrogens with two attached hydrogens (primary N) is 1. The van der Waals surface area contributed by atoms with Gasteiger partial charge in [-0.3, -0.25) is 4.79 Å². The molecule has 0 aliphatic rings. The lowest BCUT2D eigenvalue weighted by Crippen LogP contribution is -2.23. The summed E-state index contributed by atoms with van der Waals surface area (Å²) in [5, 5.41) is 3.81. The number of thiocarbonyl (C=S) groups is 1. The van der Waals surface area contributed by atoms with Gasteiger partial charge in [-0.05, 0) is 36.1 Å². The first-order valence-electron chi connectivity index (χ1n) is 11.5. The number of H-pyrrole nitrogens is 1. The number of aromatic nitrogens is 3. The Kier molecular flexibility index (Phi) is 7.73. The number of aryl methyl sites for hydroxylation is 2. The molecule has 4 rings (SSSR count). The minimum atomic E-state index is -4.21. The zero-order chi connectivity index (χ0) is 25.7.